The number of benzene rings is 1. The van der Waals surface area contributed by atoms with Crippen molar-refractivity contribution in [2.75, 3.05) is 6.61 Å². The summed E-state index contributed by atoms with van der Waals surface area (Å²) in [6.45, 7) is 7.84. The smallest absolute Gasteiger partial charge is 0.312 e. The Bertz CT molecular complexity index is 631. The molecule has 0 amide bonds. The standard InChI is InChI=1S/C16H17NO2S/c1-11(2)9-19-15(18)8-14-10-20-16(17-14)13-6-4-5-12(3)7-13/h4-7,10H,1,8-9H2,2-3H3. The van der Waals surface area contributed by atoms with Crippen molar-refractivity contribution < 1.29 is 9.53 Å². The van der Waals surface area contributed by atoms with Crippen LogP contribution >= 0.6 is 11.3 Å². The van der Waals surface area contributed by atoms with Gasteiger partial charge < -0.3 is 4.74 Å². The second-order valence-corrected chi connectivity index (χ2v) is 5.67. The molecule has 0 saturated heterocycles. The van der Waals surface area contributed by atoms with Crippen LogP contribution in [0.2, 0.25) is 0 Å². The Labute approximate surface area is 122 Å². The third-order valence-corrected chi connectivity index (χ3v) is 3.56. The van der Waals surface area contributed by atoms with Gasteiger partial charge in [0.25, 0.3) is 0 Å². The Hall–Kier alpha value is -1.94. The summed E-state index contributed by atoms with van der Waals surface area (Å²) in [5.74, 6) is -0.269. The highest BCUT2D eigenvalue weighted by Gasteiger charge is 2.10. The van der Waals surface area contributed by atoms with Crippen molar-refractivity contribution >= 4 is 17.3 Å². The molecule has 2 aromatic rings. The molecule has 104 valence electrons. The van der Waals surface area contributed by atoms with Gasteiger partial charge in [0.1, 0.15) is 11.6 Å². The predicted octanol–water partition coefficient (Wildman–Crippen LogP) is 3.78. The van der Waals surface area contributed by atoms with E-state index in [0.29, 0.717) is 0 Å². The summed E-state index contributed by atoms with van der Waals surface area (Å²) in [5.41, 5.74) is 3.85. The Morgan fingerprint density at radius 1 is 1.45 bits per heavy atom. The number of esters is 1. The summed E-state index contributed by atoms with van der Waals surface area (Å²) in [6.07, 6.45) is 0.204. The van der Waals surface area contributed by atoms with Crippen LogP contribution in [-0.2, 0) is 16.0 Å². The van der Waals surface area contributed by atoms with E-state index in [4.69, 9.17) is 4.74 Å². The SMILES string of the molecule is C=C(C)COC(=O)Cc1csc(-c2cccc(C)c2)n1. The number of nitrogens with zero attached hydrogens (tertiary/aromatic N) is 1. The van der Waals surface area contributed by atoms with Crippen LogP contribution in [-0.4, -0.2) is 17.6 Å². The maximum atomic E-state index is 11.6. The Kier molecular flexibility index (Phi) is 4.69. The molecule has 0 bridgehead atoms. The maximum Gasteiger partial charge on any atom is 0.312 e. The topological polar surface area (TPSA) is 39.2 Å². The van der Waals surface area contributed by atoms with Crippen LogP contribution in [0.25, 0.3) is 10.6 Å². The molecular formula is C16H17NO2S. The van der Waals surface area contributed by atoms with Gasteiger partial charge in [-0.05, 0) is 25.5 Å². The van der Waals surface area contributed by atoms with E-state index < -0.39 is 0 Å². The van der Waals surface area contributed by atoms with Gasteiger partial charge >= 0.3 is 5.97 Å². The van der Waals surface area contributed by atoms with Crippen LogP contribution in [0.4, 0.5) is 0 Å². The van der Waals surface area contributed by atoms with E-state index in [1.807, 2.05) is 37.4 Å². The number of hydrogen-bond acceptors (Lipinski definition) is 4. The van der Waals surface area contributed by atoms with Crippen molar-refractivity contribution in [2.45, 2.75) is 20.3 Å². The van der Waals surface area contributed by atoms with Gasteiger partial charge in [0.05, 0.1) is 12.1 Å². The zero-order valence-electron chi connectivity index (χ0n) is 11.7. The zero-order valence-corrected chi connectivity index (χ0v) is 12.5. The molecule has 1 heterocycles. The van der Waals surface area contributed by atoms with Crippen molar-refractivity contribution in [3.05, 3.63) is 53.1 Å². The molecule has 0 unspecified atom stereocenters. The number of carbonyl (C=O) groups is 1. The molecule has 0 radical (unpaired) electrons. The molecule has 0 aliphatic rings. The third-order valence-electron chi connectivity index (χ3n) is 2.62. The van der Waals surface area contributed by atoms with E-state index in [9.17, 15) is 4.79 Å². The third kappa shape index (κ3) is 4.03. The zero-order chi connectivity index (χ0) is 14.5. The molecule has 0 atom stereocenters. The molecule has 20 heavy (non-hydrogen) atoms. The molecule has 1 aromatic carbocycles. The predicted molar refractivity (Wildman–Crippen MR) is 81.8 cm³/mol. The average Bonchev–Trinajstić information content (AvgIpc) is 2.85. The van der Waals surface area contributed by atoms with Crippen molar-refractivity contribution in [1.29, 1.82) is 0 Å². The molecule has 0 fully saturated rings. The molecule has 0 spiro atoms. The normalized spacial score (nSPS) is 10.3. The lowest BCUT2D eigenvalue weighted by Gasteiger charge is -2.02. The second-order valence-electron chi connectivity index (χ2n) is 4.81. The van der Waals surface area contributed by atoms with Crippen LogP contribution in [0.15, 0.2) is 41.8 Å². The van der Waals surface area contributed by atoms with E-state index in [-0.39, 0.29) is 19.0 Å². The van der Waals surface area contributed by atoms with Gasteiger partial charge in [0.15, 0.2) is 0 Å². The number of thiazole rings is 1. The van der Waals surface area contributed by atoms with E-state index in [0.717, 1.165) is 21.8 Å². The number of carbonyl (C=O) groups excluding carboxylic acids is 1. The van der Waals surface area contributed by atoms with Crippen molar-refractivity contribution in [2.24, 2.45) is 0 Å². The Morgan fingerprint density at radius 3 is 2.95 bits per heavy atom. The molecule has 0 N–H and O–H groups in total. The summed E-state index contributed by atoms with van der Waals surface area (Å²) in [7, 11) is 0. The number of ether oxygens (including phenoxy) is 1. The first-order valence-electron chi connectivity index (χ1n) is 6.36. The number of aromatic nitrogens is 1. The van der Waals surface area contributed by atoms with Gasteiger partial charge in [-0.1, -0.05) is 30.3 Å². The Balaban J connectivity index is 2.02. The summed E-state index contributed by atoms with van der Waals surface area (Å²) >= 11 is 1.54. The lowest BCUT2D eigenvalue weighted by Crippen LogP contribution is -2.09. The van der Waals surface area contributed by atoms with Crippen LogP contribution in [0, 0.1) is 6.92 Å². The fraction of sp³-hybridized carbons (Fsp3) is 0.250. The Morgan fingerprint density at radius 2 is 2.25 bits per heavy atom. The minimum absolute atomic E-state index is 0.204. The molecule has 3 nitrogen and oxygen atoms in total. The van der Waals surface area contributed by atoms with Gasteiger partial charge in [0.2, 0.25) is 0 Å². The van der Waals surface area contributed by atoms with Gasteiger partial charge in [-0.3, -0.25) is 4.79 Å². The summed E-state index contributed by atoms with van der Waals surface area (Å²) < 4.78 is 5.07. The summed E-state index contributed by atoms with van der Waals surface area (Å²) in [5, 5.41) is 2.83. The van der Waals surface area contributed by atoms with Gasteiger partial charge in [-0.25, -0.2) is 4.98 Å². The molecule has 0 aliphatic carbocycles. The lowest BCUT2D eigenvalue weighted by atomic mass is 10.1. The van der Waals surface area contributed by atoms with E-state index in [1.165, 1.54) is 5.56 Å². The van der Waals surface area contributed by atoms with Crippen LogP contribution in [0.5, 0.6) is 0 Å². The van der Waals surface area contributed by atoms with Crippen LogP contribution in [0.3, 0.4) is 0 Å². The fourth-order valence-corrected chi connectivity index (χ4v) is 2.52. The van der Waals surface area contributed by atoms with E-state index >= 15 is 0 Å². The highest BCUT2D eigenvalue weighted by molar-refractivity contribution is 7.13. The molecule has 2 rings (SSSR count). The first-order valence-corrected chi connectivity index (χ1v) is 7.24. The van der Waals surface area contributed by atoms with Gasteiger partial charge in [0, 0.05) is 10.9 Å². The number of aryl methyl sites for hydroxylation is 1. The minimum atomic E-state index is -0.269. The summed E-state index contributed by atoms with van der Waals surface area (Å²) in [4.78, 5) is 16.1. The molecule has 1 aromatic heterocycles. The first kappa shape index (κ1) is 14.5. The van der Waals surface area contributed by atoms with Gasteiger partial charge in [-0.15, -0.1) is 11.3 Å². The largest absolute Gasteiger partial charge is 0.461 e. The molecule has 0 aliphatic heterocycles. The second kappa shape index (κ2) is 6.48. The monoisotopic (exact) mass is 287 g/mol. The van der Waals surface area contributed by atoms with Crippen molar-refractivity contribution in [3.8, 4) is 10.6 Å². The average molecular weight is 287 g/mol. The first-order chi connectivity index (χ1) is 9.54. The van der Waals surface area contributed by atoms with Crippen molar-refractivity contribution in [3.63, 3.8) is 0 Å². The molecule has 4 heteroatoms. The van der Waals surface area contributed by atoms with Crippen LogP contribution < -0.4 is 0 Å². The fourth-order valence-electron chi connectivity index (χ4n) is 1.70. The number of hydrogen-bond donors (Lipinski definition) is 0. The van der Waals surface area contributed by atoms with E-state index in [2.05, 4.69) is 17.6 Å². The number of rotatable bonds is 5. The summed E-state index contributed by atoms with van der Waals surface area (Å²) in [6, 6.07) is 8.16. The van der Waals surface area contributed by atoms with Gasteiger partial charge in [-0.2, -0.15) is 0 Å². The lowest BCUT2D eigenvalue weighted by molar-refractivity contribution is -0.141. The maximum absolute atomic E-state index is 11.6. The quantitative estimate of drug-likeness (QED) is 0.620. The highest BCUT2D eigenvalue weighted by atomic mass is 32.1. The minimum Gasteiger partial charge on any atom is -0.461 e. The molecule has 0 saturated carbocycles. The molecular weight excluding hydrogens is 270 g/mol. The van der Waals surface area contributed by atoms with E-state index in [1.54, 1.807) is 11.3 Å². The van der Waals surface area contributed by atoms with Crippen LogP contribution in [0.1, 0.15) is 18.2 Å². The highest BCUT2D eigenvalue weighted by Crippen LogP contribution is 2.24. The van der Waals surface area contributed by atoms with Crippen molar-refractivity contribution in [1.82, 2.24) is 4.98 Å².